The smallest absolute Gasteiger partial charge is 0.410 e. The first-order valence-corrected chi connectivity index (χ1v) is 9.72. The summed E-state index contributed by atoms with van der Waals surface area (Å²) >= 11 is 11.8. The largest absolute Gasteiger partial charge is 0.506 e. The lowest BCUT2D eigenvalue weighted by atomic mass is 10.0. The number of ether oxygens (including phenoxy) is 2. The van der Waals surface area contributed by atoms with Crippen LogP contribution in [0.2, 0.25) is 10.0 Å². The first kappa shape index (κ1) is 18.7. The normalized spacial score (nSPS) is 29.2. The summed E-state index contributed by atoms with van der Waals surface area (Å²) in [4.78, 5) is 26.6. The monoisotopic (exact) mass is 414 g/mol. The highest BCUT2D eigenvalue weighted by Crippen LogP contribution is 2.39. The minimum Gasteiger partial charge on any atom is -0.506 e. The van der Waals surface area contributed by atoms with Crippen LogP contribution in [0.3, 0.4) is 0 Å². The van der Waals surface area contributed by atoms with Gasteiger partial charge in [-0.1, -0.05) is 23.2 Å². The zero-order valence-corrected chi connectivity index (χ0v) is 16.0. The Labute approximate surface area is 166 Å². The maximum absolute atomic E-state index is 12.5. The van der Waals surface area contributed by atoms with Crippen molar-refractivity contribution in [3.8, 4) is 5.75 Å². The number of piperidine rings is 1. The van der Waals surface area contributed by atoms with Gasteiger partial charge in [0.15, 0.2) is 0 Å². The maximum Gasteiger partial charge on any atom is 0.410 e. The SMILES string of the molecule is O=C(N[C@@H]1C[C@H]2C[C@@H]1CN2C(=O)OC1CCOC1)c1cc(Cl)cc(Cl)c1O. The predicted molar refractivity (Wildman–Crippen MR) is 98.3 cm³/mol. The Morgan fingerprint density at radius 2 is 2.11 bits per heavy atom. The van der Waals surface area contributed by atoms with E-state index in [1.165, 1.54) is 12.1 Å². The highest BCUT2D eigenvalue weighted by molar-refractivity contribution is 6.36. The minimum atomic E-state index is -0.424. The Balaban J connectivity index is 1.36. The molecular formula is C18H20Cl2N2O5. The molecule has 1 saturated carbocycles. The number of likely N-dealkylation sites (tertiary alicyclic amines) is 1. The standard InChI is InChI=1S/C18H20Cl2N2O5/c19-10-4-13(16(23)14(20)5-10)17(24)21-15-6-11-3-9(15)7-22(11)18(25)27-12-1-2-26-8-12/h4-5,9,11-12,15,23H,1-3,6-8H2,(H,21,24)/t9-,11-,12?,15-/m1/s1. The zero-order valence-electron chi connectivity index (χ0n) is 14.5. The molecule has 2 amide bonds. The molecule has 146 valence electrons. The van der Waals surface area contributed by atoms with E-state index in [0.29, 0.717) is 26.2 Å². The average molecular weight is 415 g/mol. The Kier molecular flexibility index (Phi) is 5.09. The van der Waals surface area contributed by atoms with Gasteiger partial charge in [0.05, 0.1) is 23.8 Å². The number of aromatic hydroxyl groups is 1. The van der Waals surface area contributed by atoms with Crippen molar-refractivity contribution in [2.45, 2.75) is 37.5 Å². The highest BCUT2D eigenvalue weighted by Gasteiger charge is 2.48. The van der Waals surface area contributed by atoms with Crippen molar-refractivity contribution in [2.75, 3.05) is 19.8 Å². The van der Waals surface area contributed by atoms with Crippen LogP contribution < -0.4 is 5.32 Å². The topological polar surface area (TPSA) is 88.1 Å². The maximum atomic E-state index is 12.5. The van der Waals surface area contributed by atoms with Gasteiger partial charge in [-0.25, -0.2) is 4.79 Å². The molecule has 0 spiro atoms. The van der Waals surface area contributed by atoms with Gasteiger partial charge in [-0.3, -0.25) is 4.79 Å². The van der Waals surface area contributed by atoms with Crippen molar-refractivity contribution in [1.82, 2.24) is 10.2 Å². The van der Waals surface area contributed by atoms with Crippen molar-refractivity contribution < 1.29 is 24.2 Å². The molecule has 1 aromatic rings. The highest BCUT2D eigenvalue weighted by atomic mass is 35.5. The molecule has 3 aliphatic rings. The third-order valence-electron chi connectivity index (χ3n) is 5.52. The predicted octanol–water partition coefficient (Wildman–Crippen LogP) is 2.82. The average Bonchev–Trinajstić information content (AvgIpc) is 3.34. The number of carbonyl (C=O) groups excluding carboxylic acids is 2. The quantitative estimate of drug-likeness (QED) is 0.793. The zero-order chi connectivity index (χ0) is 19.1. The van der Waals surface area contributed by atoms with E-state index in [4.69, 9.17) is 32.7 Å². The van der Waals surface area contributed by atoms with Crippen molar-refractivity contribution in [2.24, 2.45) is 5.92 Å². The number of carbonyl (C=O) groups is 2. The van der Waals surface area contributed by atoms with Crippen molar-refractivity contribution in [3.05, 3.63) is 27.7 Å². The number of nitrogens with zero attached hydrogens (tertiary/aromatic N) is 1. The van der Waals surface area contributed by atoms with Crippen LogP contribution in [0.15, 0.2) is 12.1 Å². The van der Waals surface area contributed by atoms with Gasteiger partial charge < -0.3 is 24.8 Å². The van der Waals surface area contributed by atoms with E-state index in [2.05, 4.69) is 5.32 Å². The van der Waals surface area contributed by atoms with E-state index in [1.807, 2.05) is 0 Å². The van der Waals surface area contributed by atoms with E-state index < -0.39 is 5.91 Å². The number of amides is 2. The van der Waals surface area contributed by atoms with Gasteiger partial charge in [0.1, 0.15) is 11.9 Å². The summed E-state index contributed by atoms with van der Waals surface area (Å²) in [5.41, 5.74) is 0.0489. The molecule has 9 heteroatoms. The van der Waals surface area contributed by atoms with Crippen molar-refractivity contribution in [1.29, 1.82) is 0 Å². The lowest BCUT2D eigenvalue weighted by Crippen LogP contribution is -2.48. The van der Waals surface area contributed by atoms with Crippen LogP contribution in [0.25, 0.3) is 0 Å². The molecule has 2 saturated heterocycles. The number of benzene rings is 1. The molecule has 2 aliphatic heterocycles. The van der Waals surface area contributed by atoms with Gasteiger partial charge in [0.2, 0.25) is 0 Å². The second-order valence-electron chi connectivity index (χ2n) is 7.27. The summed E-state index contributed by atoms with van der Waals surface area (Å²) in [6.45, 7) is 1.63. The van der Waals surface area contributed by atoms with Crippen LogP contribution >= 0.6 is 23.2 Å². The molecule has 1 aliphatic carbocycles. The van der Waals surface area contributed by atoms with Gasteiger partial charge in [0.25, 0.3) is 5.91 Å². The summed E-state index contributed by atoms with van der Waals surface area (Å²) in [5.74, 6) is -0.555. The molecule has 0 aromatic heterocycles. The molecule has 0 radical (unpaired) electrons. The van der Waals surface area contributed by atoms with E-state index in [1.54, 1.807) is 4.90 Å². The lowest BCUT2D eigenvalue weighted by Gasteiger charge is -2.32. The third kappa shape index (κ3) is 3.68. The molecule has 1 aromatic carbocycles. The Hall–Kier alpha value is -1.70. The van der Waals surface area contributed by atoms with E-state index in [9.17, 15) is 14.7 Å². The minimum absolute atomic E-state index is 0.0328. The number of phenolic OH excluding ortho intramolecular Hbond substituents is 1. The van der Waals surface area contributed by atoms with Gasteiger partial charge in [0, 0.05) is 30.1 Å². The van der Waals surface area contributed by atoms with Gasteiger partial charge in [-0.2, -0.15) is 0 Å². The lowest BCUT2D eigenvalue weighted by molar-refractivity contribution is 0.0454. The molecular weight excluding hydrogens is 395 g/mol. The summed E-state index contributed by atoms with van der Waals surface area (Å²) in [6, 6.07) is 2.75. The second-order valence-corrected chi connectivity index (χ2v) is 8.11. The van der Waals surface area contributed by atoms with Crippen molar-refractivity contribution >= 4 is 35.2 Å². The fraction of sp³-hybridized carbons (Fsp3) is 0.556. The number of hydrogen-bond acceptors (Lipinski definition) is 5. The first-order chi connectivity index (χ1) is 12.9. The molecule has 2 N–H and O–H groups in total. The fourth-order valence-electron chi connectivity index (χ4n) is 4.16. The Morgan fingerprint density at radius 3 is 2.78 bits per heavy atom. The van der Waals surface area contributed by atoms with Crippen LogP contribution in [-0.4, -0.2) is 60.0 Å². The number of hydrogen-bond donors (Lipinski definition) is 2. The van der Waals surface area contributed by atoms with E-state index in [0.717, 1.165) is 12.8 Å². The summed E-state index contributed by atoms with van der Waals surface area (Å²) in [6.07, 6.45) is 1.74. The molecule has 7 nitrogen and oxygen atoms in total. The van der Waals surface area contributed by atoms with Crippen LogP contribution in [0.5, 0.6) is 5.75 Å². The van der Waals surface area contributed by atoms with Crippen LogP contribution in [0.4, 0.5) is 4.79 Å². The summed E-state index contributed by atoms with van der Waals surface area (Å²) < 4.78 is 10.7. The molecule has 27 heavy (non-hydrogen) atoms. The van der Waals surface area contributed by atoms with E-state index in [-0.39, 0.29) is 51.6 Å². The van der Waals surface area contributed by atoms with Crippen LogP contribution in [0, 0.1) is 5.92 Å². The molecule has 2 bridgehead atoms. The van der Waals surface area contributed by atoms with Gasteiger partial charge in [-0.15, -0.1) is 0 Å². The molecule has 2 heterocycles. The summed E-state index contributed by atoms with van der Waals surface area (Å²) in [5, 5.41) is 13.3. The van der Waals surface area contributed by atoms with Crippen LogP contribution in [0.1, 0.15) is 29.6 Å². The van der Waals surface area contributed by atoms with Crippen LogP contribution in [-0.2, 0) is 9.47 Å². The Bertz CT molecular complexity index is 768. The number of fused-ring (bicyclic) bond motifs is 2. The number of nitrogens with one attached hydrogen (secondary N) is 1. The number of phenols is 1. The summed E-state index contributed by atoms with van der Waals surface area (Å²) in [7, 11) is 0. The third-order valence-corrected chi connectivity index (χ3v) is 6.03. The molecule has 4 atom stereocenters. The molecule has 1 unspecified atom stereocenters. The fourth-order valence-corrected chi connectivity index (χ4v) is 4.65. The number of rotatable bonds is 3. The first-order valence-electron chi connectivity index (χ1n) is 8.96. The number of halogens is 2. The van der Waals surface area contributed by atoms with Gasteiger partial charge >= 0.3 is 6.09 Å². The Morgan fingerprint density at radius 1 is 1.30 bits per heavy atom. The van der Waals surface area contributed by atoms with Gasteiger partial charge in [-0.05, 0) is 30.9 Å². The van der Waals surface area contributed by atoms with E-state index >= 15 is 0 Å². The molecule has 3 fully saturated rings. The van der Waals surface area contributed by atoms with Crippen molar-refractivity contribution in [3.63, 3.8) is 0 Å². The second kappa shape index (κ2) is 7.37. The molecule has 4 rings (SSSR count).